The first-order chi connectivity index (χ1) is 13.6. The Morgan fingerprint density at radius 3 is 2.86 bits per heavy atom. The number of nitrogens with zero attached hydrogens (tertiary/aromatic N) is 3. The smallest absolute Gasteiger partial charge is 0.308 e. The molecule has 28 heavy (non-hydrogen) atoms. The normalized spacial score (nSPS) is 15.5. The highest BCUT2D eigenvalue weighted by atomic mass is 16.5. The number of para-hydroxylation sites is 1. The number of carbonyl (C=O) groups is 1. The molecule has 1 saturated heterocycles. The maximum absolute atomic E-state index is 10.8. The first-order valence-corrected chi connectivity index (χ1v) is 9.87. The molecule has 0 saturated carbocycles. The van der Waals surface area contributed by atoms with E-state index in [-0.39, 0.29) is 6.61 Å². The van der Waals surface area contributed by atoms with Gasteiger partial charge in [-0.05, 0) is 38.3 Å². The molecule has 0 amide bonds. The summed E-state index contributed by atoms with van der Waals surface area (Å²) < 4.78 is 11.6. The highest BCUT2D eigenvalue weighted by molar-refractivity contribution is 6.05. The highest BCUT2D eigenvalue weighted by Gasteiger charge is 2.22. The van der Waals surface area contributed by atoms with Crippen molar-refractivity contribution in [2.45, 2.75) is 32.6 Å². The molecule has 3 heterocycles. The minimum absolute atomic E-state index is 0.223. The van der Waals surface area contributed by atoms with Gasteiger partial charge in [0.25, 0.3) is 0 Å². The second-order valence-electron chi connectivity index (χ2n) is 7.35. The average Bonchev–Trinajstić information content (AvgIpc) is 3.35. The lowest BCUT2D eigenvalue weighted by molar-refractivity contribution is -0.143. The Morgan fingerprint density at radius 2 is 2.07 bits per heavy atom. The number of fused-ring (bicyclic) bond motifs is 3. The third-order valence-corrected chi connectivity index (χ3v) is 5.13. The molecule has 0 bridgehead atoms. The van der Waals surface area contributed by atoms with Gasteiger partial charge < -0.3 is 19.2 Å². The van der Waals surface area contributed by atoms with E-state index in [9.17, 15) is 4.79 Å². The number of hydrogen-bond donors (Lipinski definition) is 1. The third kappa shape index (κ3) is 3.80. The topological polar surface area (TPSA) is 88.7 Å². The summed E-state index contributed by atoms with van der Waals surface area (Å²) in [7, 11) is 0. The number of rotatable bonds is 8. The van der Waals surface area contributed by atoms with Crippen molar-refractivity contribution in [2.24, 2.45) is 5.92 Å². The van der Waals surface area contributed by atoms with Crippen molar-refractivity contribution in [1.82, 2.24) is 9.97 Å². The Labute approximate surface area is 163 Å². The molecule has 1 fully saturated rings. The van der Waals surface area contributed by atoms with Crippen LogP contribution < -0.4 is 4.90 Å². The third-order valence-electron chi connectivity index (χ3n) is 5.13. The number of furan rings is 1. The molecule has 0 radical (unpaired) electrons. The number of carboxylic acids is 1. The maximum atomic E-state index is 10.8. The van der Waals surface area contributed by atoms with E-state index in [2.05, 4.69) is 4.90 Å². The zero-order chi connectivity index (χ0) is 19.5. The standard InChI is InChI=1S/C21H25N3O4/c1-14(21(25)26)13-27-12-6-9-17-22-18-15-7-2-3-8-16(15)28-19(18)20(23-17)24-10-4-5-11-24/h2-3,7-8,14H,4-6,9-13H2,1H3,(H,25,26). The first-order valence-electron chi connectivity index (χ1n) is 9.87. The van der Waals surface area contributed by atoms with Crippen molar-refractivity contribution in [3.8, 4) is 0 Å². The van der Waals surface area contributed by atoms with Crippen LogP contribution in [0.2, 0.25) is 0 Å². The number of aliphatic carboxylic acids is 1. The molecule has 1 aromatic carbocycles. The van der Waals surface area contributed by atoms with Crippen LogP contribution in [0, 0.1) is 5.92 Å². The quantitative estimate of drug-likeness (QED) is 0.594. The fraction of sp³-hybridized carbons (Fsp3) is 0.476. The van der Waals surface area contributed by atoms with Crippen LogP contribution in [0.3, 0.4) is 0 Å². The van der Waals surface area contributed by atoms with Crippen LogP contribution in [0.5, 0.6) is 0 Å². The fourth-order valence-electron chi connectivity index (χ4n) is 3.54. The number of ether oxygens (including phenoxy) is 1. The van der Waals surface area contributed by atoms with Gasteiger partial charge in [0.2, 0.25) is 0 Å². The molecule has 0 spiro atoms. The van der Waals surface area contributed by atoms with Gasteiger partial charge in [-0.15, -0.1) is 0 Å². The molecule has 2 aromatic heterocycles. The predicted molar refractivity (Wildman–Crippen MR) is 107 cm³/mol. The Kier molecular flexibility index (Phi) is 5.43. The molecule has 1 aliphatic rings. The lowest BCUT2D eigenvalue weighted by Gasteiger charge is -2.17. The first kappa shape index (κ1) is 18.7. The summed E-state index contributed by atoms with van der Waals surface area (Å²) >= 11 is 0. The Balaban J connectivity index is 1.54. The van der Waals surface area contributed by atoms with E-state index in [1.54, 1.807) is 6.92 Å². The largest absolute Gasteiger partial charge is 0.481 e. The molecule has 1 atom stereocenters. The second kappa shape index (κ2) is 8.14. The van der Waals surface area contributed by atoms with E-state index in [0.717, 1.165) is 66.1 Å². The van der Waals surface area contributed by atoms with Gasteiger partial charge in [0.15, 0.2) is 11.4 Å². The number of aromatic nitrogens is 2. The molecule has 0 aliphatic carbocycles. The predicted octanol–water partition coefficient (Wildman–Crippen LogP) is 3.65. The van der Waals surface area contributed by atoms with Gasteiger partial charge in [-0.3, -0.25) is 4.79 Å². The lowest BCUT2D eigenvalue weighted by Crippen LogP contribution is -2.20. The van der Waals surface area contributed by atoms with Gasteiger partial charge in [-0.25, -0.2) is 9.97 Å². The van der Waals surface area contributed by atoms with Crippen LogP contribution in [-0.2, 0) is 16.0 Å². The monoisotopic (exact) mass is 383 g/mol. The fourth-order valence-corrected chi connectivity index (χ4v) is 3.54. The molecule has 4 rings (SSSR count). The van der Waals surface area contributed by atoms with Gasteiger partial charge in [0.05, 0.1) is 12.5 Å². The molecule has 7 heteroatoms. The number of benzene rings is 1. The van der Waals surface area contributed by atoms with E-state index in [1.807, 2.05) is 24.3 Å². The van der Waals surface area contributed by atoms with Crippen LogP contribution in [0.15, 0.2) is 28.7 Å². The van der Waals surface area contributed by atoms with Crippen LogP contribution in [-0.4, -0.2) is 47.3 Å². The Morgan fingerprint density at radius 1 is 1.29 bits per heavy atom. The zero-order valence-electron chi connectivity index (χ0n) is 16.1. The zero-order valence-corrected chi connectivity index (χ0v) is 16.1. The summed E-state index contributed by atoms with van der Waals surface area (Å²) in [5, 5.41) is 9.91. The van der Waals surface area contributed by atoms with E-state index in [1.165, 1.54) is 0 Å². The van der Waals surface area contributed by atoms with Crippen molar-refractivity contribution in [3.63, 3.8) is 0 Å². The summed E-state index contributed by atoms with van der Waals surface area (Å²) in [5.74, 6) is 0.326. The minimum atomic E-state index is -0.837. The molecule has 148 valence electrons. The highest BCUT2D eigenvalue weighted by Crippen LogP contribution is 2.34. The van der Waals surface area contributed by atoms with E-state index < -0.39 is 11.9 Å². The minimum Gasteiger partial charge on any atom is -0.481 e. The lowest BCUT2D eigenvalue weighted by atomic mass is 10.2. The molecular weight excluding hydrogens is 358 g/mol. The number of anilines is 1. The SMILES string of the molecule is CC(COCCCc1nc(N2CCCC2)c2oc3ccccc3c2n1)C(=O)O. The molecule has 7 nitrogen and oxygen atoms in total. The van der Waals surface area contributed by atoms with Crippen molar-refractivity contribution >= 4 is 33.9 Å². The Hall–Kier alpha value is -2.67. The van der Waals surface area contributed by atoms with E-state index >= 15 is 0 Å². The van der Waals surface area contributed by atoms with Gasteiger partial charge in [-0.1, -0.05) is 12.1 Å². The molecular formula is C21H25N3O4. The van der Waals surface area contributed by atoms with Crippen LogP contribution >= 0.6 is 0 Å². The number of hydrogen-bond acceptors (Lipinski definition) is 6. The maximum Gasteiger partial charge on any atom is 0.308 e. The summed E-state index contributed by atoms with van der Waals surface area (Å²) in [5.41, 5.74) is 2.46. The average molecular weight is 383 g/mol. The number of aryl methyl sites for hydroxylation is 1. The van der Waals surface area contributed by atoms with Gasteiger partial charge in [0, 0.05) is 31.5 Å². The molecule has 1 aliphatic heterocycles. The van der Waals surface area contributed by atoms with E-state index in [0.29, 0.717) is 13.0 Å². The second-order valence-corrected chi connectivity index (χ2v) is 7.35. The van der Waals surface area contributed by atoms with Crippen LogP contribution in [0.1, 0.15) is 32.0 Å². The molecule has 1 N–H and O–H groups in total. The van der Waals surface area contributed by atoms with Crippen LogP contribution in [0.25, 0.3) is 22.1 Å². The number of carboxylic acid groups (broad SMARTS) is 1. The molecule has 3 aromatic rings. The molecule has 1 unspecified atom stereocenters. The Bertz CT molecular complexity index is 978. The van der Waals surface area contributed by atoms with Crippen molar-refractivity contribution in [3.05, 3.63) is 30.1 Å². The van der Waals surface area contributed by atoms with E-state index in [4.69, 9.17) is 24.2 Å². The summed E-state index contributed by atoms with van der Waals surface area (Å²) in [4.78, 5) is 22.7. The summed E-state index contributed by atoms with van der Waals surface area (Å²) in [6.45, 7) is 4.33. The summed E-state index contributed by atoms with van der Waals surface area (Å²) in [6, 6.07) is 7.94. The van der Waals surface area contributed by atoms with Crippen LogP contribution in [0.4, 0.5) is 5.82 Å². The van der Waals surface area contributed by atoms with Crippen molar-refractivity contribution < 1.29 is 19.1 Å². The summed E-state index contributed by atoms with van der Waals surface area (Å²) in [6.07, 6.45) is 3.75. The van der Waals surface area contributed by atoms with Gasteiger partial charge in [-0.2, -0.15) is 0 Å². The van der Waals surface area contributed by atoms with Gasteiger partial charge >= 0.3 is 5.97 Å². The van der Waals surface area contributed by atoms with Crippen molar-refractivity contribution in [1.29, 1.82) is 0 Å². The van der Waals surface area contributed by atoms with Gasteiger partial charge in [0.1, 0.15) is 16.9 Å². The van der Waals surface area contributed by atoms with Crippen molar-refractivity contribution in [2.75, 3.05) is 31.2 Å².